The minimum Gasteiger partial charge on any atom is -0.241 e. The van der Waals surface area contributed by atoms with Crippen LogP contribution in [0.1, 0.15) is 29.0 Å². The number of hydrogen-bond acceptors (Lipinski definition) is 1. The third-order valence-electron chi connectivity index (χ3n) is 4.06. The fraction of sp³-hybridized carbons (Fsp3) is 0.0952. The number of benzene rings is 2. The molecule has 0 atom stereocenters. The number of nitrogens with zero attached hydrogens (tertiary/aromatic N) is 1. The summed E-state index contributed by atoms with van der Waals surface area (Å²) in [5, 5.41) is 0.267. The number of rotatable bonds is 5. The average molecular weight is 338 g/mol. The SMILES string of the molecule is C=C(CC(c1ccccc1)c1ccccc1)c1cc(Cl)ncc1F. The van der Waals surface area contributed by atoms with Crippen molar-refractivity contribution >= 4 is 17.2 Å². The Balaban J connectivity index is 1.95. The van der Waals surface area contributed by atoms with Crippen LogP contribution in [-0.2, 0) is 0 Å². The molecular weight excluding hydrogens is 321 g/mol. The minimum absolute atomic E-state index is 0.103. The van der Waals surface area contributed by atoms with Crippen molar-refractivity contribution < 1.29 is 4.39 Å². The Morgan fingerprint density at radius 1 is 1.00 bits per heavy atom. The van der Waals surface area contributed by atoms with E-state index in [0.717, 1.165) is 6.20 Å². The molecule has 0 fully saturated rings. The standard InChI is InChI=1S/C21H17ClFN/c1-15(18-13-21(22)24-14-20(18)23)12-19(16-8-4-2-5-9-16)17-10-6-3-7-11-17/h2-11,13-14,19H,1,12H2. The zero-order chi connectivity index (χ0) is 16.9. The quantitative estimate of drug-likeness (QED) is 0.512. The second-order valence-corrected chi connectivity index (χ2v) is 6.06. The Labute approximate surface area is 146 Å². The van der Waals surface area contributed by atoms with Crippen molar-refractivity contribution in [3.63, 3.8) is 0 Å². The van der Waals surface area contributed by atoms with Gasteiger partial charge in [0.1, 0.15) is 11.0 Å². The summed E-state index contributed by atoms with van der Waals surface area (Å²) in [5.41, 5.74) is 3.47. The maximum atomic E-state index is 14.1. The Morgan fingerprint density at radius 3 is 2.08 bits per heavy atom. The largest absolute Gasteiger partial charge is 0.241 e. The Kier molecular flexibility index (Phi) is 5.07. The lowest BCUT2D eigenvalue weighted by molar-refractivity contribution is 0.616. The first-order valence-electron chi connectivity index (χ1n) is 7.74. The van der Waals surface area contributed by atoms with Gasteiger partial charge in [-0.05, 0) is 29.2 Å². The number of pyridine rings is 1. The van der Waals surface area contributed by atoms with Gasteiger partial charge >= 0.3 is 0 Å². The zero-order valence-corrected chi connectivity index (χ0v) is 13.9. The summed E-state index contributed by atoms with van der Waals surface area (Å²) < 4.78 is 14.1. The van der Waals surface area contributed by atoms with Gasteiger partial charge in [-0.1, -0.05) is 78.8 Å². The molecule has 1 nitrogen and oxygen atoms in total. The van der Waals surface area contributed by atoms with E-state index in [4.69, 9.17) is 11.6 Å². The van der Waals surface area contributed by atoms with Crippen molar-refractivity contribution in [1.29, 1.82) is 0 Å². The van der Waals surface area contributed by atoms with Crippen LogP contribution in [0.15, 0.2) is 79.5 Å². The Hall–Kier alpha value is -2.45. The van der Waals surface area contributed by atoms with Crippen LogP contribution in [-0.4, -0.2) is 4.98 Å². The summed E-state index contributed by atoms with van der Waals surface area (Å²) in [5.74, 6) is -0.296. The second kappa shape index (κ2) is 7.41. The van der Waals surface area contributed by atoms with E-state index in [1.807, 2.05) is 36.4 Å². The molecule has 0 N–H and O–H groups in total. The van der Waals surface area contributed by atoms with E-state index in [1.54, 1.807) is 0 Å². The molecule has 0 bridgehead atoms. The summed E-state index contributed by atoms with van der Waals surface area (Å²) in [6, 6.07) is 21.9. The predicted molar refractivity (Wildman–Crippen MR) is 97.6 cm³/mol. The molecule has 0 saturated carbocycles. The first kappa shape index (κ1) is 16.4. The molecule has 120 valence electrons. The van der Waals surface area contributed by atoms with Crippen molar-refractivity contribution in [3.05, 3.63) is 107 Å². The van der Waals surface area contributed by atoms with E-state index in [2.05, 4.69) is 35.8 Å². The first-order valence-corrected chi connectivity index (χ1v) is 8.12. The molecule has 3 heteroatoms. The average Bonchev–Trinajstić information content (AvgIpc) is 2.63. The molecule has 2 aromatic carbocycles. The summed E-state index contributed by atoms with van der Waals surface area (Å²) in [6.45, 7) is 4.09. The fourth-order valence-electron chi connectivity index (χ4n) is 2.84. The van der Waals surface area contributed by atoms with Crippen LogP contribution >= 0.6 is 11.6 Å². The second-order valence-electron chi connectivity index (χ2n) is 5.67. The zero-order valence-electron chi connectivity index (χ0n) is 13.1. The van der Waals surface area contributed by atoms with E-state index in [0.29, 0.717) is 17.6 Å². The predicted octanol–water partition coefficient (Wildman–Crippen LogP) is 6.11. The summed E-state index contributed by atoms with van der Waals surface area (Å²) in [6.07, 6.45) is 1.74. The molecular formula is C21H17ClFN. The molecule has 1 heterocycles. The third kappa shape index (κ3) is 3.72. The maximum Gasteiger partial charge on any atom is 0.149 e. The Bertz CT molecular complexity index is 791. The van der Waals surface area contributed by atoms with Crippen molar-refractivity contribution in [2.24, 2.45) is 0 Å². The number of aromatic nitrogens is 1. The molecule has 0 amide bonds. The highest BCUT2D eigenvalue weighted by Gasteiger charge is 2.18. The lowest BCUT2D eigenvalue weighted by Crippen LogP contribution is -2.03. The van der Waals surface area contributed by atoms with Crippen LogP contribution < -0.4 is 0 Å². The van der Waals surface area contributed by atoms with E-state index in [-0.39, 0.29) is 11.1 Å². The number of allylic oxidation sites excluding steroid dienone is 1. The normalized spacial score (nSPS) is 10.8. The highest BCUT2D eigenvalue weighted by Crippen LogP contribution is 2.34. The minimum atomic E-state index is -0.399. The van der Waals surface area contributed by atoms with Gasteiger partial charge in [0.05, 0.1) is 6.20 Å². The monoisotopic (exact) mass is 337 g/mol. The van der Waals surface area contributed by atoms with Gasteiger partial charge in [-0.25, -0.2) is 9.37 Å². The third-order valence-corrected chi connectivity index (χ3v) is 4.26. The van der Waals surface area contributed by atoms with Crippen LogP contribution in [0, 0.1) is 5.82 Å². The first-order chi connectivity index (χ1) is 11.6. The van der Waals surface area contributed by atoms with Crippen molar-refractivity contribution in [2.75, 3.05) is 0 Å². The summed E-state index contributed by atoms with van der Waals surface area (Å²) in [4.78, 5) is 3.77. The summed E-state index contributed by atoms with van der Waals surface area (Å²) >= 11 is 5.91. The molecule has 0 saturated heterocycles. The van der Waals surface area contributed by atoms with Crippen molar-refractivity contribution in [1.82, 2.24) is 4.98 Å². The molecule has 0 unspecified atom stereocenters. The van der Waals surface area contributed by atoms with Crippen LogP contribution in [0.4, 0.5) is 4.39 Å². The molecule has 3 rings (SSSR count). The van der Waals surface area contributed by atoms with E-state index in [9.17, 15) is 4.39 Å². The van der Waals surface area contributed by atoms with Gasteiger partial charge in [-0.2, -0.15) is 0 Å². The van der Waals surface area contributed by atoms with E-state index >= 15 is 0 Å². The van der Waals surface area contributed by atoms with Gasteiger partial charge in [-0.3, -0.25) is 0 Å². The highest BCUT2D eigenvalue weighted by molar-refractivity contribution is 6.29. The molecule has 0 spiro atoms. The number of halogens is 2. The molecule has 0 aliphatic rings. The van der Waals surface area contributed by atoms with Gasteiger partial charge in [0, 0.05) is 11.5 Å². The van der Waals surface area contributed by atoms with Crippen molar-refractivity contribution in [3.8, 4) is 0 Å². The fourth-order valence-corrected chi connectivity index (χ4v) is 3.00. The lowest BCUT2D eigenvalue weighted by atomic mass is 9.84. The van der Waals surface area contributed by atoms with Gasteiger partial charge in [-0.15, -0.1) is 0 Å². The molecule has 24 heavy (non-hydrogen) atoms. The lowest BCUT2D eigenvalue weighted by Gasteiger charge is -2.20. The van der Waals surface area contributed by atoms with E-state index in [1.165, 1.54) is 17.2 Å². The Morgan fingerprint density at radius 2 is 1.54 bits per heavy atom. The van der Waals surface area contributed by atoms with E-state index < -0.39 is 5.82 Å². The molecule has 0 aliphatic carbocycles. The maximum absolute atomic E-state index is 14.1. The van der Waals surface area contributed by atoms with Gasteiger partial charge in [0.2, 0.25) is 0 Å². The molecule has 0 aliphatic heterocycles. The molecule has 0 radical (unpaired) electrons. The highest BCUT2D eigenvalue weighted by atomic mass is 35.5. The van der Waals surface area contributed by atoms with Gasteiger partial charge < -0.3 is 0 Å². The smallest absolute Gasteiger partial charge is 0.149 e. The molecule has 3 aromatic rings. The van der Waals surface area contributed by atoms with Crippen LogP contribution in [0.25, 0.3) is 5.57 Å². The van der Waals surface area contributed by atoms with Crippen molar-refractivity contribution in [2.45, 2.75) is 12.3 Å². The summed E-state index contributed by atoms with van der Waals surface area (Å²) in [7, 11) is 0. The van der Waals surface area contributed by atoms with Crippen LogP contribution in [0.3, 0.4) is 0 Å². The van der Waals surface area contributed by atoms with Crippen LogP contribution in [0.5, 0.6) is 0 Å². The van der Waals surface area contributed by atoms with Crippen LogP contribution in [0.2, 0.25) is 5.15 Å². The number of hydrogen-bond donors (Lipinski definition) is 0. The van der Waals surface area contributed by atoms with Gasteiger partial charge in [0.25, 0.3) is 0 Å². The topological polar surface area (TPSA) is 12.9 Å². The van der Waals surface area contributed by atoms with Gasteiger partial charge in [0.15, 0.2) is 0 Å². The molecule has 1 aromatic heterocycles.